The summed E-state index contributed by atoms with van der Waals surface area (Å²) in [6.07, 6.45) is 4.65. The number of carbonyl (C=O) groups is 3. The van der Waals surface area contributed by atoms with E-state index in [2.05, 4.69) is 0 Å². The molecule has 0 aromatic heterocycles. The molecule has 2 aliphatic rings. The van der Waals surface area contributed by atoms with Gasteiger partial charge in [-0.1, -0.05) is 36.8 Å². The minimum absolute atomic E-state index is 0.0311. The molecule has 8 nitrogen and oxygen atoms in total. The summed E-state index contributed by atoms with van der Waals surface area (Å²) in [6.45, 7) is 0.188. The number of aliphatic hydroxyl groups is 1. The first-order valence-corrected chi connectivity index (χ1v) is 10.3. The first kappa shape index (κ1) is 22.7. The van der Waals surface area contributed by atoms with E-state index < -0.39 is 36.0 Å². The van der Waals surface area contributed by atoms with Crippen LogP contribution in [0, 0.1) is 0 Å². The molecule has 0 aliphatic carbocycles. The van der Waals surface area contributed by atoms with Gasteiger partial charge in [0.25, 0.3) is 5.91 Å². The predicted octanol–water partition coefficient (Wildman–Crippen LogP) is 2.68. The lowest BCUT2D eigenvalue weighted by atomic mass is 10.0. The molecular weight excluding hydrogens is 402 g/mol. The highest BCUT2D eigenvalue weighted by atomic mass is 16.6. The van der Waals surface area contributed by atoms with Crippen LogP contribution in [0.25, 0.3) is 0 Å². The summed E-state index contributed by atoms with van der Waals surface area (Å²) in [4.78, 5) is 39.1. The standard InChI is InChI=1S/C23H27NO7/c1-29-21(20-19(26)13-12-17(31-20)11-7-2-3-8-14-25)22(27)24-18(15-30-23(24)28)16-9-5-4-6-10-16/h4-6,9-13,18,20-21,25H,2-3,7-8,14-15H2,1H3/t18-,20-,21+/m0/s1. The van der Waals surface area contributed by atoms with Gasteiger partial charge in [-0.05, 0) is 43.1 Å². The number of benzene rings is 1. The smallest absolute Gasteiger partial charge is 0.417 e. The molecule has 166 valence electrons. The van der Waals surface area contributed by atoms with Gasteiger partial charge in [0, 0.05) is 13.7 Å². The zero-order valence-corrected chi connectivity index (χ0v) is 17.4. The van der Waals surface area contributed by atoms with Crippen LogP contribution in [0.5, 0.6) is 0 Å². The van der Waals surface area contributed by atoms with Crippen LogP contribution in [0.4, 0.5) is 4.79 Å². The predicted molar refractivity (Wildman–Crippen MR) is 111 cm³/mol. The quantitative estimate of drug-likeness (QED) is 0.602. The third kappa shape index (κ3) is 5.39. The van der Waals surface area contributed by atoms with E-state index in [4.69, 9.17) is 19.3 Å². The highest BCUT2D eigenvalue weighted by molar-refractivity contribution is 6.03. The Balaban J connectivity index is 1.74. The minimum Gasteiger partial charge on any atom is -0.479 e. The topological polar surface area (TPSA) is 102 Å². The Morgan fingerprint density at radius 3 is 2.71 bits per heavy atom. The van der Waals surface area contributed by atoms with Crippen molar-refractivity contribution in [3.8, 4) is 0 Å². The van der Waals surface area contributed by atoms with E-state index in [0.717, 1.165) is 29.7 Å². The van der Waals surface area contributed by atoms with Gasteiger partial charge in [-0.2, -0.15) is 0 Å². The van der Waals surface area contributed by atoms with Crippen LogP contribution >= 0.6 is 0 Å². The number of hydrogen-bond acceptors (Lipinski definition) is 7. The summed E-state index contributed by atoms with van der Waals surface area (Å²) in [5, 5.41) is 8.85. The van der Waals surface area contributed by atoms with Crippen molar-refractivity contribution in [2.75, 3.05) is 20.3 Å². The van der Waals surface area contributed by atoms with Crippen LogP contribution in [0.2, 0.25) is 0 Å². The van der Waals surface area contributed by atoms with Crippen LogP contribution in [-0.2, 0) is 23.8 Å². The van der Waals surface area contributed by atoms with E-state index in [1.54, 1.807) is 18.2 Å². The third-order valence-electron chi connectivity index (χ3n) is 5.23. The molecule has 1 N–H and O–H groups in total. The Morgan fingerprint density at radius 1 is 1.23 bits per heavy atom. The second-order valence-corrected chi connectivity index (χ2v) is 7.32. The van der Waals surface area contributed by atoms with Crippen LogP contribution < -0.4 is 0 Å². The van der Waals surface area contributed by atoms with Crippen LogP contribution in [0.15, 0.2) is 54.3 Å². The van der Waals surface area contributed by atoms with Gasteiger partial charge in [0.2, 0.25) is 0 Å². The van der Waals surface area contributed by atoms with Crippen molar-refractivity contribution in [1.29, 1.82) is 0 Å². The molecule has 2 amide bonds. The molecule has 1 saturated heterocycles. The highest BCUT2D eigenvalue weighted by Crippen LogP contribution is 2.30. The number of amides is 2. The number of hydrogen-bond donors (Lipinski definition) is 1. The number of nitrogens with zero attached hydrogens (tertiary/aromatic N) is 1. The van der Waals surface area contributed by atoms with Crippen molar-refractivity contribution < 1.29 is 33.7 Å². The Morgan fingerprint density at radius 2 is 2.00 bits per heavy atom. The number of ketones is 1. The molecular formula is C23H27NO7. The maximum absolute atomic E-state index is 13.3. The summed E-state index contributed by atoms with van der Waals surface area (Å²) >= 11 is 0. The molecule has 0 spiro atoms. The summed E-state index contributed by atoms with van der Waals surface area (Å²) in [6, 6.07) is 8.46. The van der Waals surface area contributed by atoms with Gasteiger partial charge in [-0.15, -0.1) is 0 Å². The molecule has 0 bridgehead atoms. The van der Waals surface area contributed by atoms with Crippen molar-refractivity contribution in [1.82, 2.24) is 4.90 Å². The summed E-state index contributed by atoms with van der Waals surface area (Å²) in [5.74, 6) is -0.636. The maximum Gasteiger partial charge on any atom is 0.417 e. The molecule has 31 heavy (non-hydrogen) atoms. The largest absolute Gasteiger partial charge is 0.479 e. The third-order valence-corrected chi connectivity index (χ3v) is 5.23. The first-order valence-electron chi connectivity index (χ1n) is 10.3. The monoisotopic (exact) mass is 429 g/mol. The molecule has 2 aliphatic heterocycles. The van der Waals surface area contributed by atoms with Gasteiger partial charge in [-0.25, -0.2) is 9.69 Å². The van der Waals surface area contributed by atoms with Crippen LogP contribution in [0.3, 0.4) is 0 Å². The van der Waals surface area contributed by atoms with E-state index in [1.165, 1.54) is 13.2 Å². The molecule has 3 atom stereocenters. The van der Waals surface area contributed by atoms with Gasteiger partial charge in [-0.3, -0.25) is 9.59 Å². The molecule has 0 saturated carbocycles. The number of unbranched alkanes of at least 4 members (excludes halogenated alkanes) is 3. The van der Waals surface area contributed by atoms with E-state index >= 15 is 0 Å². The number of carbonyl (C=O) groups excluding carboxylic acids is 3. The zero-order valence-electron chi connectivity index (χ0n) is 17.4. The van der Waals surface area contributed by atoms with Gasteiger partial charge in [0.1, 0.15) is 18.4 Å². The molecule has 0 radical (unpaired) electrons. The average molecular weight is 429 g/mol. The SMILES string of the molecule is CO[C@@H](C(=O)N1C(=O)OC[C@H]1c1ccccc1)[C@H]1OC(=CCCCCCO)C=CC1=O. The maximum atomic E-state index is 13.3. The van der Waals surface area contributed by atoms with Crippen molar-refractivity contribution in [2.45, 2.75) is 43.9 Å². The fourth-order valence-corrected chi connectivity index (χ4v) is 3.58. The number of aliphatic hydroxyl groups excluding tert-OH is 1. The summed E-state index contributed by atoms with van der Waals surface area (Å²) in [5.41, 5.74) is 0.746. The average Bonchev–Trinajstić information content (AvgIpc) is 3.18. The van der Waals surface area contributed by atoms with E-state index in [9.17, 15) is 14.4 Å². The fraction of sp³-hybridized carbons (Fsp3) is 0.435. The van der Waals surface area contributed by atoms with E-state index in [-0.39, 0.29) is 13.2 Å². The number of cyclic esters (lactones) is 1. The Bertz CT molecular complexity index is 849. The number of imide groups is 1. The highest BCUT2D eigenvalue weighted by Gasteiger charge is 2.46. The number of allylic oxidation sites excluding steroid dienone is 2. The van der Waals surface area contributed by atoms with Crippen LogP contribution in [0.1, 0.15) is 37.3 Å². The molecule has 8 heteroatoms. The Kier molecular flexibility index (Phi) is 7.97. The fourth-order valence-electron chi connectivity index (χ4n) is 3.58. The number of rotatable bonds is 9. The van der Waals surface area contributed by atoms with Crippen LogP contribution in [-0.4, -0.2) is 60.3 Å². The number of ether oxygens (including phenoxy) is 3. The van der Waals surface area contributed by atoms with E-state index in [1.807, 2.05) is 24.3 Å². The molecule has 0 unspecified atom stereocenters. The van der Waals surface area contributed by atoms with Crippen molar-refractivity contribution in [3.63, 3.8) is 0 Å². The lowest BCUT2D eigenvalue weighted by molar-refractivity contribution is -0.153. The normalized spacial score (nSPS) is 23.0. The lowest BCUT2D eigenvalue weighted by Gasteiger charge is -2.30. The lowest BCUT2D eigenvalue weighted by Crippen LogP contribution is -2.51. The number of methoxy groups -OCH3 is 1. The molecule has 1 fully saturated rings. The molecule has 1 aromatic carbocycles. The molecule has 1 aromatic rings. The summed E-state index contributed by atoms with van der Waals surface area (Å²) in [7, 11) is 1.30. The second-order valence-electron chi connectivity index (χ2n) is 7.32. The van der Waals surface area contributed by atoms with Crippen molar-refractivity contribution in [2.24, 2.45) is 0 Å². The van der Waals surface area contributed by atoms with Crippen molar-refractivity contribution >= 4 is 17.8 Å². The van der Waals surface area contributed by atoms with Gasteiger partial charge >= 0.3 is 6.09 Å². The van der Waals surface area contributed by atoms with Gasteiger partial charge in [0.15, 0.2) is 18.0 Å². The minimum atomic E-state index is -1.30. The Hall–Kier alpha value is -2.97. The second kappa shape index (κ2) is 10.9. The van der Waals surface area contributed by atoms with Crippen molar-refractivity contribution in [3.05, 3.63) is 59.9 Å². The molecule has 3 rings (SSSR count). The van der Waals surface area contributed by atoms with E-state index in [0.29, 0.717) is 12.2 Å². The Labute approximate surface area is 181 Å². The zero-order chi connectivity index (χ0) is 22.2. The first-order chi connectivity index (χ1) is 15.1. The van der Waals surface area contributed by atoms with Gasteiger partial charge in [0.05, 0.1) is 0 Å². The van der Waals surface area contributed by atoms with Gasteiger partial charge < -0.3 is 19.3 Å². The summed E-state index contributed by atoms with van der Waals surface area (Å²) < 4.78 is 16.2. The molecule has 2 heterocycles.